The topological polar surface area (TPSA) is 61.8 Å². The third kappa shape index (κ3) is 3.54. The van der Waals surface area contributed by atoms with Crippen LogP contribution in [0, 0.1) is 0 Å². The Bertz CT molecular complexity index is 510. The first kappa shape index (κ1) is 13.5. The van der Waals surface area contributed by atoms with E-state index in [9.17, 15) is 9.59 Å². The molecule has 1 aliphatic heterocycles. The van der Waals surface area contributed by atoms with Crippen molar-refractivity contribution in [3.8, 4) is 0 Å². The third-order valence-corrected chi connectivity index (χ3v) is 3.21. The maximum absolute atomic E-state index is 11.7. The molecule has 1 saturated heterocycles. The van der Waals surface area contributed by atoms with E-state index in [0.717, 1.165) is 12.8 Å². The van der Waals surface area contributed by atoms with Crippen LogP contribution >= 0.6 is 11.6 Å². The fourth-order valence-corrected chi connectivity index (χ4v) is 2.04. The third-order valence-electron chi connectivity index (χ3n) is 2.86. The molecule has 1 fully saturated rings. The van der Waals surface area contributed by atoms with Gasteiger partial charge in [0.05, 0.1) is 6.21 Å². The van der Waals surface area contributed by atoms with Crippen molar-refractivity contribution < 1.29 is 9.59 Å². The Morgan fingerprint density at radius 3 is 2.63 bits per heavy atom. The first-order valence-electron chi connectivity index (χ1n) is 6.05. The van der Waals surface area contributed by atoms with E-state index in [4.69, 9.17) is 11.6 Å². The van der Waals surface area contributed by atoms with Crippen LogP contribution in [0.5, 0.6) is 0 Å². The van der Waals surface area contributed by atoms with Gasteiger partial charge in [0.15, 0.2) is 0 Å². The van der Waals surface area contributed by atoms with Crippen LogP contribution < -0.4 is 5.43 Å². The number of nitrogens with one attached hydrogen (secondary N) is 1. The van der Waals surface area contributed by atoms with Crippen LogP contribution in [-0.4, -0.2) is 36.0 Å². The van der Waals surface area contributed by atoms with Crippen molar-refractivity contribution in [2.75, 3.05) is 13.1 Å². The van der Waals surface area contributed by atoms with Crippen molar-refractivity contribution in [1.29, 1.82) is 0 Å². The van der Waals surface area contributed by atoms with Crippen LogP contribution in [0.15, 0.2) is 29.4 Å². The molecule has 1 heterocycles. The van der Waals surface area contributed by atoms with Gasteiger partial charge in [0.2, 0.25) is 0 Å². The summed E-state index contributed by atoms with van der Waals surface area (Å²) in [6.45, 7) is 1.28. The lowest BCUT2D eigenvalue weighted by atomic mass is 10.2. The van der Waals surface area contributed by atoms with Gasteiger partial charge in [0.1, 0.15) is 0 Å². The maximum atomic E-state index is 11.7. The molecule has 0 bridgehead atoms. The number of hydrazone groups is 1. The number of nitrogens with zero attached hydrogens (tertiary/aromatic N) is 2. The molecule has 0 atom stereocenters. The molecule has 1 aliphatic rings. The zero-order valence-corrected chi connectivity index (χ0v) is 11.1. The molecule has 2 amide bonds. The van der Waals surface area contributed by atoms with E-state index in [2.05, 4.69) is 10.5 Å². The highest BCUT2D eigenvalue weighted by Crippen LogP contribution is 2.12. The predicted molar refractivity (Wildman–Crippen MR) is 73.0 cm³/mol. The SMILES string of the molecule is O=C(N/N=C/c1ccccc1Cl)C(=O)N1CCCC1. The van der Waals surface area contributed by atoms with Crippen molar-refractivity contribution in [3.63, 3.8) is 0 Å². The normalized spacial score (nSPS) is 14.9. The average molecular weight is 280 g/mol. The van der Waals surface area contributed by atoms with Crippen molar-refractivity contribution in [3.05, 3.63) is 34.9 Å². The van der Waals surface area contributed by atoms with Crippen LogP contribution in [0.3, 0.4) is 0 Å². The minimum absolute atomic E-state index is 0.534. The molecule has 2 rings (SSSR count). The van der Waals surface area contributed by atoms with Crippen LogP contribution in [0.25, 0.3) is 0 Å². The molecule has 1 aromatic carbocycles. The number of halogens is 1. The summed E-state index contributed by atoms with van der Waals surface area (Å²) >= 11 is 5.93. The zero-order valence-electron chi connectivity index (χ0n) is 10.3. The summed E-state index contributed by atoms with van der Waals surface area (Å²) in [4.78, 5) is 24.8. The molecule has 0 unspecified atom stereocenters. The largest absolute Gasteiger partial charge is 0.334 e. The summed E-state index contributed by atoms with van der Waals surface area (Å²) in [5, 5.41) is 4.27. The fraction of sp³-hybridized carbons (Fsp3) is 0.308. The van der Waals surface area contributed by atoms with Gasteiger partial charge in [-0.3, -0.25) is 9.59 Å². The van der Waals surface area contributed by atoms with E-state index in [0.29, 0.717) is 23.7 Å². The van der Waals surface area contributed by atoms with Gasteiger partial charge >= 0.3 is 11.8 Å². The van der Waals surface area contributed by atoms with Crippen LogP contribution in [0.4, 0.5) is 0 Å². The molecular formula is C13H14ClN3O2. The Kier molecular flexibility index (Phi) is 4.52. The van der Waals surface area contributed by atoms with Gasteiger partial charge in [0, 0.05) is 23.7 Å². The first-order chi connectivity index (χ1) is 9.18. The molecule has 19 heavy (non-hydrogen) atoms. The second kappa shape index (κ2) is 6.33. The maximum Gasteiger partial charge on any atom is 0.329 e. The lowest BCUT2D eigenvalue weighted by Crippen LogP contribution is -2.39. The van der Waals surface area contributed by atoms with Gasteiger partial charge in [-0.2, -0.15) is 5.10 Å². The second-order valence-corrected chi connectivity index (χ2v) is 4.63. The van der Waals surface area contributed by atoms with Crippen molar-refractivity contribution in [1.82, 2.24) is 10.3 Å². The molecule has 0 spiro atoms. The van der Waals surface area contributed by atoms with Crippen LogP contribution in [-0.2, 0) is 9.59 Å². The Labute approximate surface area is 116 Å². The molecular weight excluding hydrogens is 266 g/mol. The van der Waals surface area contributed by atoms with Gasteiger partial charge in [-0.25, -0.2) is 5.43 Å². The summed E-state index contributed by atoms with van der Waals surface area (Å²) in [6, 6.07) is 7.10. The molecule has 5 nitrogen and oxygen atoms in total. The number of carbonyl (C=O) groups is 2. The number of likely N-dealkylation sites (tertiary alicyclic amines) is 1. The summed E-state index contributed by atoms with van der Waals surface area (Å²) in [5.41, 5.74) is 2.89. The molecule has 100 valence electrons. The molecule has 0 aliphatic carbocycles. The lowest BCUT2D eigenvalue weighted by molar-refractivity contribution is -0.145. The van der Waals surface area contributed by atoms with E-state index in [-0.39, 0.29) is 0 Å². The van der Waals surface area contributed by atoms with Gasteiger partial charge in [0.25, 0.3) is 0 Å². The minimum Gasteiger partial charge on any atom is -0.334 e. The average Bonchev–Trinajstić information content (AvgIpc) is 2.94. The van der Waals surface area contributed by atoms with E-state index >= 15 is 0 Å². The van der Waals surface area contributed by atoms with Gasteiger partial charge in [-0.15, -0.1) is 0 Å². The quantitative estimate of drug-likeness (QED) is 0.505. The highest BCUT2D eigenvalue weighted by Gasteiger charge is 2.23. The van der Waals surface area contributed by atoms with Gasteiger partial charge in [-0.05, 0) is 18.9 Å². The van der Waals surface area contributed by atoms with Crippen molar-refractivity contribution in [2.45, 2.75) is 12.8 Å². The molecule has 6 heteroatoms. The van der Waals surface area contributed by atoms with E-state index in [1.165, 1.54) is 11.1 Å². The second-order valence-electron chi connectivity index (χ2n) is 4.22. The highest BCUT2D eigenvalue weighted by atomic mass is 35.5. The molecule has 1 aromatic rings. The molecule has 1 N–H and O–H groups in total. The number of amides is 2. The van der Waals surface area contributed by atoms with Crippen molar-refractivity contribution >= 4 is 29.6 Å². The fourth-order valence-electron chi connectivity index (χ4n) is 1.85. The summed E-state index contributed by atoms with van der Waals surface area (Å²) in [7, 11) is 0. The molecule has 0 radical (unpaired) electrons. The van der Waals surface area contributed by atoms with E-state index in [1.807, 2.05) is 6.07 Å². The Balaban J connectivity index is 1.89. The number of hydrogen-bond acceptors (Lipinski definition) is 3. The number of benzene rings is 1. The number of carbonyl (C=O) groups excluding carboxylic acids is 2. The minimum atomic E-state index is -0.717. The Morgan fingerprint density at radius 2 is 1.95 bits per heavy atom. The van der Waals surface area contributed by atoms with E-state index < -0.39 is 11.8 Å². The van der Waals surface area contributed by atoms with Crippen molar-refractivity contribution in [2.24, 2.45) is 5.10 Å². The predicted octanol–water partition coefficient (Wildman–Crippen LogP) is 1.41. The number of hydrogen-bond donors (Lipinski definition) is 1. The van der Waals surface area contributed by atoms with E-state index in [1.54, 1.807) is 18.2 Å². The van der Waals surface area contributed by atoms with Gasteiger partial charge < -0.3 is 4.90 Å². The highest BCUT2D eigenvalue weighted by molar-refractivity contribution is 6.35. The lowest BCUT2D eigenvalue weighted by Gasteiger charge is -2.12. The summed E-state index contributed by atoms with van der Waals surface area (Å²) in [6.07, 6.45) is 3.31. The standard InChI is InChI=1S/C13H14ClN3O2/c14-11-6-2-1-5-10(11)9-15-16-12(18)13(19)17-7-3-4-8-17/h1-2,5-6,9H,3-4,7-8H2,(H,16,18)/b15-9+. The summed E-state index contributed by atoms with van der Waals surface area (Å²) in [5.74, 6) is -1.25. The summed E-state index contributed by atoms with van der Waals surface area (Å²) < 4.78 is 0. The monoisotopic (exact) mass is 279 g/mol. The van der Waals surface area contributed by atoms with Crippen LogP contribution in [0.2, 0.25) is 5.02 Å². The Hall–Kier alpha value is -1.88. The van der Waals surface area contributed by atoms with Gasteiger partial charge in [-0.1, -0.05) is 29.8 Å². The van der Waals surface area contributed by atoms with Crippen LogP contribution in [0.1, 0.15) is 18.4 Å². The first-order valence-corrected chi connectivity index (χ1v) is 6.43. The molecule has 0 saturated carbocycles. The zero-order chi connectivity index (χ0) is 13.7. The number of rotatable bonds is 2. The molecule has 0 aromatic heterocycles. The smallest absolute Gasteiger partial charge is 0.329 e. The Morgan fingerprint density at radius 1 is 1.26 bits per heavy atom.